The van der Waals surface area contributed by atoms with Crippen LogP contribution in [0, 0.1) is 0 Å². The van der Waals surface area contributed by atoms with Crippen molar-refractivity contribution in [2.45, 2.75) is 6.42 Å². The number of oxazole rings is 1. The van der Waals surface area contributed by atoms with Crippen molar-refractivity contribution in [3.05, 3.63) is 69.5 Å². The lowest BCUT2D eigenvalue weighted by atomic mass is 10.1. The molecule has 0 saturated heterocycles. The Morgan fingerprint density at radius 1 is 1.25 bits per heavy atom. The van der Waals surface area contributed by atoms with Crippen LogP contribution < -0.4 is 16.8 Å². The van der Waals surface area contributed by atoms with E-state index in [2.05, 4.69) is 27.4 Å². The Labute approximate surface area is 174 Å². The molecule has 0 fully saturated rings. The molecule has 0 aliphatic carbocycles. The number of rotatable bonds is 6. The molecule has 144 valence electrons. The predicted molar refractivity (Wildman–Crippen MR) is 115 cm³/mol. The van der Waals surface area contributed by atoms with Crippen LogP contribution in [0.25, 0.3) is 22.4 Å². The number of amides is 1. The van der Waals surface area contributed by atoms with Gasteiger partial charge in [0, 0.05) is 17.5 Å². The van der Waals surface area contributed by atoms with Gasteiger partial charge < -0.3 is 15.5 Å². The first-order valence-corrected chi connectivity index (χ1v) is 9.18. The second-order valence-electron chi connectivity index (χ2n) is 5.98. The number of nitrogens with two attached hydrogens (primary N) is 1. The first kappa shape index (κ1) is 19.8. The van der Waals surface area contributed by atoms with E-state index >= 15 is 0 Å². The minimum Gasteiger partial charge on any atom is -0.407 e. The number of hydrogen-bond donors (Lipinski definition) is 3. The summed E-state index contributed by atoms with van der Waals surface area (Å²) in [7, 11) is 0. The summed E-state index contributed by atoms with van der Waals surface area (Å²) in [4.78, 5) is 30.3. The van der Waals surface area contributed by atoms with Gasteiger partial charge in [0.2, 0.25) is 0 Å². The van der Waals surface area contributed by atoms with Crippen LogP contribution in [0.4, 0.5) is 5.13 Å². The van der Waals surface area contributed by atoms with Crippen molar-refractivity contribution in [3.8, 4) is 11.3 Å². The molecule has 4 N–H and O–H groups in total. The smallest absolute Gasteiger partial charge is 0.407 e. The standard InChI is InChI=1S/C19H16N4O3S.BrH/c20-17(24)13-8-12(9-14-16(13)26-19(25)23-14)15-10-27-18(22-15)21-7-6-11-4-2-1-3-5-11;/h1-5,8-10H,6-7H2,(H2,20,24)(H,21,22)(H,23,25);1H. The first-order valence-electron chi connectivity index (χ1n) is 8.30. The highest BCUT2D eigenvalue weighted by molar-refractivity contribution is 8.93. The largest absolute Gasteiger partial charge is 0.417 e. The third-order valence-corrected chi connectivity index (χ3v) is 4.92. The number of fused-ring (bicyclic) bond motifs is 1. The van der Waals surface area contributed by atoms with Gasteiger partial charge in [-0.15, -0.1) is 28.3 Å². The molecule has 2 heterocycles. The van der Waals surface area contributed by atoms with Crippen LogP contribution >= 0.6 is 28.3 Å². The van der Waals surface area contributed by atoms with Crippen LogP contribution in [-0.4, -0.2) is 22.4 Å². The van der Waals surface area contributed by atoms with E-state index in [1.54, 1.807) is 12.1 Å². The fourth-order valence-electron chi connectivity index (χ4n) is 2.84. The van der Waals surface area contributed by atoms with Crippen molar-refractivity contribution in [1.82, 2.24) is 9.97 Å². The zero-order chi connectivity index (χ0) is 18.8. The quantitative estimate of drug-likeness (QED) is 0.406. The summed E-state index contributed by atoms with van der Waals surface area (Å²) in [6, 6.07) is 13.5. The Morgan fingerprint density at radius 2 is 2.04 bits per heavy atom. The summed E-state index contributed by atoms with van der Waals surface area (Å²) in [5.41, 5.74) is 8.76. The first-order chi connectivity index (χ1) is 13.1. The van der Waals surface area contributed by atoms with Crippen molar-refractivity contribution in [1.29, 1.82) is 0 Å². The van der Waals surface area contributed by atoms with Gasteiger partial charge >= 0.3 is 5.76 Å². The molecular formula is C19H17BrN4O3S. The number of thiazole rings is 1. The van der Waals surface area contributed by atoms with Gasteiger partial charge in [-0.3, -0.25) is 9.78 Å². The van der Waals surface area contributed by atoms with Gasteiger partial charge in [0.1, 0.15) is 0 Å². The Kier molecular flexibility index (Phi) is 5.96. The van der Waals surface area contributed by atoms with Gasteiger partial charge in [0.15, 0.2) is 10.7 Å². The number of carbonyl (C=O) groups is 1. The van der Waals surface area contributed by atoms with E-state index < -0.39 is 11.7 Å². The molecule has 0 aliphatic rings. The number of aromatic nitrogens is 2. The van der Waals surface area contributed by atoms with Crippen LogP contribution in [0.15, 0.2) is 57.1 Å². The Morgan fingerprint density at radius 3 is 2.79 bits per heavy atom. The highest BCUT2D eigenvalue weighted by Crippen LogP contribution is 2.29. The molecule has 0 saturated carbocycles. The maximum Gasteiger partial charge on any atom is 0.417 e. The number of H-pyrrole nitrogens is 1. The van der Waals surface area contributed by atoms with Crippen LogP contribution in [0.5, 0.6) is 0 Å². The number of nitrogens with one attached hydrogen (secondary N) is 2. The number of primary amides is 1. The van der Waals surface area contributed by atoms with E-state index in [1.807, 2.05) is 23.6 Å². The molecule has 28 heavy (non-hydrogen) atoms. The summed E-state index contributed by atoms with van der Waals surface area (Å²) in [6.07, 6.45) is 0.893. The molecule has 0 unspecified atom stereocenters. The molecule has 4 rings (SSSR count). The average molecular weight is 461 g/mol. The molecule has 4 aromatic rings. The van der Waals surface area contributed by atoms with E-state index in [9.17, 15) is 9.59 Å². The maximum absolute atomic E-state index is 11.7. The Balaban J connectivity index is 0.00000225. The van der Waals surface area contributed by atoms with Gasteiger partial charge in [-0.2, -0.15) is 0 Å². The van der Waals surface area contributed by atoms with Crippen LogP contribution in [-0.2, 0) is 6.42 Å². The molecule has 9 heteroatoms. The number of aromatic amines is 1. The molecule has 0 spiro atoms. The highest BCUT2D eigenvalue weighted by Gasteiger charge is 2.16. The summed E-state index contributed by atoms with van der Waals surface area (Å²) in [5, 5.41) is 5.97. The summed E-state index contributed by atoms with van der Waals surface area (Å²) in [5.74, 6) is -1.30. The number of benzene rings is 2. The van der Waals surface area contributed by atoms with Gasteiger partial charge in [-0.25, -0.2) is 9.78 Å². The highest BCUT2D eigenvalue weighted by atomic mass is 79.9. The summed E-state index contributed by atoms with van der Waals surface area (Å²) in [6.45, 7) is 0.761. The minimum absolute atomic E-state index is 0. The van der Waals surface area contributed by atoms with Crippen molar-refractivity contribution in [2.24, 2.45) is 5.73 Å². The lowest BCUT2D eigenvalue weighted by Gasteiger charge is -2.03. The van der Waals surface area contributed by atoms with Crippen molar-refractivity contribution >= 4 is 50.5 Å². The molecule has 0 bridgehead atoms. The van der Waals surface area contributed by atoms with Gasteiger partial charge in [-0.05, 0) is 24.1 Å². The Bertz CT molecular complexity index is 1170. The SMILES string of the molecule is Br.NC(=O)c1cc(-c2csc(NCCc3ccccc3)n2)cc2[nH]c(=O)oc12. The van der Waals surface area contributed by atoms with E-state index in [0.717, 1.165) is 18.1 Å². The normalized spacial score (nSPS) is 10.6. The lowest BCUT2D eigenvalue weighted by Crippen LogP contribution is -2.11. The van der Waals surface area contributed by atoms with Crippen LogP contribution in [0.3, 0.4) is 0 Å². The van der Waals surface area contributed by atoms with Crippen LogP contribution in [0.2, 0.25) is 0 Å². The van der Waals surface area contributed by atoms with Crippen molar-refractivity contribution in [2.75, 3.05) is 11.9 Å². The topological polar surface area (TPSA) is 114 Å². The molecule has 0 atom stereocenters. The molecule has 7 nitrogen and oxygen atoms in total. The van der Waals surface area contributed by atoms with Gasteiger partial charge in [0.05, 0.1) is 16.8 Å². The third kappa shape index (κ3) is 4.15. The van der Waals surface area contributed by atoms with E-state index in [-0.39, 0.29) is 28.1 Å². The summed E-state index contributed by atoms with van der Waals surface area (Å²) >= 11 is 1.47. The van der Waals surface area contributed by atoms with Gasteiger partial charge in [-0.1, -0.05) is 30.3 Å². The molecule has 2 aromatic carbocycles. The zero-order valence-corrected chi connectivity index (χ0v) is 17.1. The number of anilines is 1. The molecular weight excluding hydrogens is 444 g/mol. The maximum atomic E-state index is 11.7. The Hall–Kier alpha value is -2.91. The molecule has 0 radical (unpaired) electrons. The predicted octanol–water partition coefficient (Wildman–Crippen LogP) is 3.58. The summed E-state index contributed by atoms with van der Waals surface area (Å²) < 4.78 is 5.01. The minimum atomic E-state index is -0.666. The second-order valence-corrected chi connectivity index (χ2v) is 6.84. The average Bonchev–Trinajstić information content (AvgIpc) is 3.27. The van der Waals surface area contributed by atoms with E-state index in [4.69, 9.17) is 10.2 Å². The second kappa shape index (κ2) is 8.41. The van der Waals surface area contributed by atoms with Gasteiger partial charge in [0.25, 0.3) is 5.91 Å². The van der Waals surface area contributed by atoms with Crippen molar-refractivity contribution < 1.29 is 9.21 Å². The number of hydrogen-bond acceptors (Lipinski definition) is 6. The van der Waals surface area contributed by atoms with Crippen LogP contribution in [0.1, 0.15) is 15.9 Å². The third-order valence-electron chi connectivity index (χ3n) is 4.12. The molecule has 2 aromatic heterocycles. The van der Waals surface area contributed by atoms with E-state index in [0.29, 0.717) is 16.8 Å². The fraction of sp³-hybridized carbons (Fsp3) is 0.105. The molecule has 1 amide bonds. The van der Waals surface area contributed by atoms with Crippen molar-refractivity contribution in [3.63, 3.8) is 0 Å². The number of carbonyl (C=O) groups excluding carboxylic acids is 1. The zero-order valence-electron chi connectivity index (χ0n) is 14.6. The molecule has 0 aliphatic heterocycles. The number of nitrogens with zero attached hydrogens (tertiary/aromatic N) is 1. The number of halogens is 1. The fourth-order valence-corrected chi connectivity index (χ4v) is 3.59. The monoisotopic (exact) mass is 460 g/mol. The van der Waals surface area contributed by atoms with E-state index in [1.165, 1.54) is 16.9 Å². The lowest BCUT2D eigenvalue weighted by molar-refractivity contribution is 0.100.